The molecule has 1 aliphatic rings. The second-order valence-corrected chi connectivity index (χ2v) is 9.01. The molecule has 190 valence electrons. The van der Waals surface area contributed by atoms with Crippen molar-refractivity contribution in [1.82, 2.24) is 0 Å². The maximum absolute atomic E-state index is 11.8. The van der Waals surface area contributed by atoms with E-state index in [0.717, 1.165) is 41.5 Å². The van der Waals surface area contributed by atoms with Gasteiger partial charge in [0.25, 0.3) is 0 Å². The third kappa shape index (κ3) is 6.74. The number of rotatable bonds is 8. The first kappa shape index (κ1) is 25.9. The highest BCUT2D eigenvalue weighted by Crippen LogP contribution is 2.37. The van der Waals surface area contributed by atoms with E-state index in [9.17, 15) is 9.59 Å². The highest BCUT2D eigenvalue weighted by molar-refractivity contribution is 5.89. The fourth-order valence-electron chi connectivity index (χ4n) is 3.79. The summed E-state index contributed by atoms with van der Waals surface area (Å²) in [6.45, 7) is 11.1. The van der Waals surface area contributed by atoms with Crippen LogP contribution >= 0.6 is 0 Å². The van der Waals surface area contributed by atoms with Gasteiger partial charge in [-0.3, -0.25) is 0 Å². The van der Waals surface area contributed by atoms with Crippen LogP contribution in [0.1, 0.15) is 33.1 Å². The van der Waals surface area contributed by atoms with E-state index in [4.69, 9.17) is 18.9 Å². The van der Waals surface area contributed by atoms with Gasteiger partial charge in [-0.15, -0.1) is 0 Å². The van der Waals surface area contributed by atoms with Crippen molar-refractivity contribution >= 4 is 11.9 Å². The molecule has 0 spiro atoms. The zero-order valence-electron chi connectivity index (χ0n) is 21.1. The Balaban J connectivity index is 1.62. The van der Waals surface area contributed by atoms with Crippen LogP contribution in [0.4, 0.5) is 0 Å². The van der Waals surface area contributed by atoms with Crippen LogP contribution in [0, 0.1) is 0 Å². The summed E-state index contributed by atoms with van der Waals surface area (Å²) in [5.41, 5.74) is 4.37. The minimum absolute atomic E-state index is 0.317. The average molecular weight is 499 g/mol. The molecule has 3 aromatic carbocycles. The summed E-state index contributed by atoms with van der Waals surface area (Å²) in [6.07, 6.45) is 2.58. The normalized spacial score (nSPS) is 14.9. The van der Waals surface area contributed by atoms with E-state index in [1.807, 2.05) is 42.5 Å². The average Bonchev–Trinajstić information content (AvgIpc) is 2.90. The predicted molar refractivity (Wildman–Crippen MR) is 142 cm³/mol. The van der Waals surface area contributed by atoms with Gasteiger partial charge >= 0.3 is 11.9 Å². The Labute approximate surface area is 217 Å². The largest absolute Gasteiger partial charge is 0.464 e. The van der Waals surface area contributed by atoms with Crippen molar-refractivity contribution in [2.45, 2.75) is 39.4 Å². The van der Waals surface area contributed by atoms with Crippen molar-refractivity contribution in [3.05, 3.63) is 91.0 Å². The van der Waals surface area contributed by atoms with Crippen LogP contribution in [0.2, 0.25) is 0 Å². The number of benzene rings is 3. The molecule has 37 heavy (non-hydrogen) atoms. The fourth-order valence-corrected chi connectivity index (χ4v) is 3.79. The highest BCUT2D eigenvalue weighted by Gasteiger charge is 2.19. The molecular formula is C31H30O6. The molecule has 6 nitrogen and oxygen atoms in total. The zero-order chi connectivity index (χ0) is 26.4. The lowest BCUT2D eigenvalue weighted by Crippen LogP contribution is -2.25. The van der Waals surface area contributed by atoms with Crippen molar-refractivity contribution in [3.63, 3.8) is 0 Å². The molecule has 3 aromatic rings. The van der Waals surface area contributed by atoms with Crippen LogP contribution in [-0.2, 0) is 14.3 Å². The minimum atomic E-state index is -0.462. The van der Waals surface area contributed by atoms with Gasteiger partial charge in [-0.25, -0.2) is 9.59 Å². The van der Waals surface area contributed by atoms with Crippen LogP contribution in [-0.4, -0.2) is 24.8 Å². The maximum atomic E-state index is 11.8. The molecule has 1 aliphatic heterocycles. The van der Waals surface area contributed by atoms with Gasteiger partial charge in [0.2, 0.25) is 0 Å². The fraction of sp³-hybridized carbons (Fsp3) is 0.226. The highest BCUT2D eigenvalue weighted by atomic mass is 16.7. The van der Waals surface area contributed by atoms with Crippen molar-refractivity contribution < 1.29 is 28.5 Å². The van der Waals surface area contributed by atoms with Gasteiger partial charge in [-0.1, -0.05) is 49.6 Å². The lowest BCUT2D eigenvalue weighted by Gasteiger charge is -2.25. The van der Waals surface area contributed by atoms with E-state index in [1.54, 1.807) is 38.1 Å². The minimum Gasteiger partial charge on any atom is -0.464 e. The first-order chi connectivity index (χ1) is 17.8. The Kier molecular flexibility index (Phi) is 8.21. The molecule has 0 radical (unpaired) electrons. The summed E-state index contributed by atoms with van der Waals surface area (Å²) in [6, 6.07) is 20.5. The standard InChI is InChI=1S/C31H30O6/c1-20(2)30(32)35-25-13-8-22(9-14-25)24-12-17-27(28(19-24)37-29-7-5-6-18-34-29)23-10-15-26(16-11-23)36-31(33)21(3)4/h8-17,19,29H,1,3,5-7,18H2,2,4H3. The number of carbonyl (C=O) groups is 2. The molecule has 0 bridgehead atoms. The monoisotopic (exact) mass is 498 g/mol. The number of ether oxygens (including phenoxy) is 4. The molecule has 1 heterocycles. The predicted octanol–water partition coefficient (Wildman–Crippen LogP) is 6.89. The van der Waals surface area contributed by atoms with Gasteiger partial charge < -0.3 is 18.9 Å². The molecular weight excluding hydrogens is 468 g/mol. The van der Waals surface area contributed by atoms with E-state index in [-0.39, 0.29) is 6.29 Å². The Morgan fingerprint density at radius 3 is 1.81 bits per heavy atom. The lowest BCUT2D eigenvalue weighted by atomic mass is 9.99. The van der Waals surface area contributed by atoms with Gasteiger partial charge in [-0.05, 0) is 73.7 Å². The smallest absolute Gasteiger partial charge is 0.338 e. The topological polar surface area (TPSA) is 71.1 Å². The van der Waals surface area contributed by atoms with Crippen LogP contribution in [0.25, 0.3) is 22.3 Å². The maximum Gasteiger partial charge on any atom is 0.338 e. The summed E-state index contributed by atoms with van der Waals surface area (Å²) in [7, 11) is 0. The summed E-state index contributed by atoms with van der Waals surface area (Å²) in [5, 5.41) is 0. The van der Waals surface area contributed by atoms with E-state index in [2.05, 4.69) is 13.2 Å². The van der Waals surface area contributed by atoms with Crippen LogP contribution < -0.4 is 14.2 Å². The van der Waals surface area contributed by atoms with E-state index >= 15 is 0 Å². The third-order valence-corrected chi connectivity index (χ3v) is 5.85. The van der Waals surface area contributed by atoms with Gasteiger partial charge in [0, 0.05) is 23.1 Å². The van der Waals surface area contributed by atoms with Gasteiger partial charge in [0.1, 0.15) is 17.2 Å². The summed E-state index contributed by atoms with van der Waals surface area (Å²) in [5.74, 6) is 0.664. The number of hydrogen-bond acceptors (Lipinski definition) is 6. The Morgan fingerprint density at radius 1 is 0.757 bits per heavy atom. The molecule has 1 unspecified atom stereocenters. The Hall–Kier alpha value is -4.16. The van der Waals surface area contributed by atoms with Crippen LogP contribution in [0.5, 0.6) is 17.2 Å². The first-order valence-electron chi connectivity index (χ1n) is 12.2. The third-order valence-electron chi connectivity index (χ3n) is 5.85. The van der Waals surface area contributed by atoms with Crippen LogP contribution in [0.15, 0.2) is 91.0 Å². The van der Waals surface area contributed by atoms with E-state index in [1.165, 1.54) is 0 Å². The SMILES string of the molecule is C=C(C)C(=O)Oc1ccc(-c2ccc(-c3ccc(OC(=O)C(=C)C)cc3)c(OC3CCCCO3)c2)cc1. The molecule has 0 aliphatic carbocycles. The second-order valence-electron chi connectivity index (χ2n) is 9.01. The number of carbonyl (C=O) groups excluding carboxylic acids is 2. The van der Waals surface area contributed by atoms with E-state index in [0.29, 0.717) is 35.0 Å². The molecule has 0 amide bonds. The van der Waals surface area contributed by atoms with Gasteiger partial charge in [-0.2, -0.15) is 0 Å². The molecule has 1 fully saturated rings. The van der Waals surface area contributed by atoms with Gasteiger partial charge in [0.15, 0.2) is 6.29 Å². The molecule has 1 atom stereocenters. The summed E-state index contributed by atoms with van der Waals surface area (Å²) >= 11 is 0. The zero-order valence-corrected chi connectivity index (χ0v) is 21.1. The molecule has 1 saturated heterocycles. The quantitative estimate of drug-likeness (QED) is 0.191. The van der Waals surface area contributed by atoms with Crippen molar-refractivity contribution in [2.24, 2.45) is 0 Å². The summed E-state index contributed by atoms with van der Waals surface area (Å²) in [4.78, 5) is 23.6. The summed E-state index contributed by atoms with van der Waals surface area (Å²) < 4.78 is 22.8. The van der Waals surface area contributed by atoms with Gasteiger partial charge in [0.05, 0.1) is 6.61 Å². The molecule has 0 N–H and O–H groups in total. The van der Waals surface area contributed by atoms with E-state index < -0.39 is 11.9 Å². The van der Waals surface area contributed by atoms with Crippen LogP contribution in [0.3, 0.4) is 0 Å². The molecule has 4 rings (SSSR count). The second kappa shape index (κ2) is 11.7. The van der Waals surface area contributed by atoms with Crippen molar-refractivity contribution in [1.29, 1.82) is 0 Å². The van der Waals surface area contributed by atoms with Crippen molar-refractivity contribution in [3.8, 4) is 39.5 Å². The lowest BCUT2D eigenvalue weighted by molar-refractivity contribution is -0.130. The number of hydrogen-bond donors (Lipinski definition) is 0. The molecule has 0 aromatic heterocycles. The first-order valence-corrected chi connectivity index (χ1v) is 12.2. The van der Waals surface area contributed by atoms with Crippen molar-refractivity contribution in [2.75, 3.05) is 6.61 Å². The molecule has 6 heteroatoms. The Morgan fingerprint density at radius 2 is 1.30 bits per heavy atom. The Bertz CT molecular complexity index is 1300. The molecule has 0 saturated carbocycles. The number of esters is 2.